The molecule has 0 bridgehead atoms. The zero-order valence-electron chi connectivity index (χ0n) is 32.3. The maximum absolute atomic E-state index is 3.80. The first kappa shape index (κ1) is 42.9. The van der Waals surface area contributed by atoms with Crippen molar-refractivity contribution in [1.82, 2.24) is 0 Å². The van der Waals surface area contributed by atoms with Crippen molar-refractivity contribution in [3.05, 3.63) is 21.9 Å². The summed E-state index contributed by atoms with van der Waals surface area (Å²) in [6.07, 6.45) is 41.0. The monoisotopic (exact) mass is 693 g/mol. The van der Waals surface area contributed by atoms with E-state index in [9.17, 15) is 0 Å². The molecule has 0 N–H and O–H groups in total. The number of rotatable bonds is 30. The van der Waals surface area contributed by atoms with Crippen LogP contribution in [0.4, 0.5) is 0 Å². The lowest BCUT2D eigenvalue weighted by Crippen LogP contribution is -1.98. The summed E-state index contributed by atoms with van der Waals surface area (Å²) in [6, 6.07) is 0. The number of fused-ring (bicyclic) bond motifs is 1. The first-order chi connectivity index (χ1) is 23.7. The molecule has 2 heterocycles. The summed E-state index contributed by atoms with van der Waals surface area (Å²) in [4.78, 5) is 0. The standard InChI is InChI=1S/C46H76S2/c1-5-9-13-17-21-25-29-33-41(31-27-23-19-15-11-7-3)35-37-43-39-47-46-44(40-48-45(43)46)38-36-42(32-28-24-20-16-12-8-4)34-30-26-22-18-14-10-6-2/h39-42H,5-34H2,1-4H3. The van der Waals surface area contributed by atoms with Crippen molar-refractivity contribution in [2.24, 2.45) is 11.8 Å². The molecule has 0 spiro atoms. The van der Waals surface area contributed by atoms with E-state index in [1.807, 2.05) is 22.7 Å². The zero-order valence-corrected chi connectivity index (χ0v) is 34.0. The molecular weight excluding hydrogens is 617 g/mol. The molecule has 0 aliphatic carbocycles. The second-order valence-corrected chi connectivity index (χ2v) is 16.6. The second-order valence-electron chi connectivity index (χ2n) is 14.8. The molecule has 0 nitrogen and oxygen atoms in total. The van der Waals surface area contributed by atoms with E-state index in [2.05, 4.69) is 62.1 Å². The highest BCUT2D eigenvalue weighted by atomic mass is 32.1. The third-order valence-electron chi connectivity index (χ3n) is 10.2. The van der Waals surface area contributed by atoms with Gasteiger partial charge in [0.05, 0.1) is 20.5 Å². The summed E-state index contributed by atoms with van der Waals surface area (Å²) >= 11 is 3.75. The van der Waals surface area contributed by atoms with E-state index in [1.54, 1.807) is 0 Å². The molecule has 0 fully saturated rings. The highest BCUT2D eigenvalue weighted by Gasteiger charge is 2.11. The molecule has 2 heteroatoms. The molecule has 2 unspecified atom stereocenters. The maximum Gasteiger partial charge on any atom is 0.0620 e. The van der Waals surface area contributed by atoms with Crippen LogP contribution in [0.3, 0.4) is 0 Å². The van der Waals surface area contributed by atoms with Gasteiger partial charge in [-0.25, -0.2) is 0 Å². The fourth-order valence-electron chi connectivity index (χ4n) is 6.97. The SMILES string of the molecule is CCCCCCCCCC(C#Cc1csc2c(C#CC(CCCCCCCC)CCCCCCCCC)csc12)CCCCCCCC. The molecule has 0 aliphatic heterocycles. The van der Waals surface area contributed by atoms with Gasteiger partial charge in [0.2, 0.25) is 0 Å². The molecular formula is C46H76S2. The van der Waals surface area contributed by atoms with Crippen LogP contribution in [0.2, 0.25) is 0 Å². The van der Waals surface area contributed by atoms with Crippen LogP contribution in [0, 0.1) is 35.5 Å². The molecule has 0 saturated carbocycles. The smallest absolute Gasteiger partial charge is 0.0620 e. The summed E-state index contributed by atoms with van der Waals surface area (Å²) in [5.74, 6) is 16.1. The topological polar surface area (TPSA) is 0 Å². The third-order valence-corrected chi connectivity index (χ3v) is 12.4. The van der Waals surface area contributed by atoms with Crippen molar-refractivity contribution < 1.29 is 0 Å². The van der Waals surface area contributed by atoms with Crippen LogP contribution in [0.25, 0.3) is 9.40 Å². The molecule has 2 rings (SSSR count). The lowest BCUT2D eigenvalue weighted by atomic mass is 9.94. The van der Waals surface area contributed by atoms with Gasteiger partial charge in [-0.15, -0.1) is 22.7 Å². The summed E-state index contributed by atoms with van der Waals surface area (Å²) < 4.78 is 2.76. The predicted octanol–water partition coefficient (Wildman–Crippen LogP) is 16.7. The van der Waals surface area contributed by atoms with Crippen LogP contribution in [0.1, 0.15) is 231 Å². The van der Waals surface area contributed by atoms with Gasteiger partial charge < -0.3 is 0 Å². The van der Waals surface area contributed by atoms with Gasteiger partial charge in [-0.2, -0.15) is 0 Å². The molecule has 0 aliphatic rings. The van der Waals surface area contributed by atoms with E-state index in [4.69, 9.17) is 0 Å². The molecule has 2 aromatic rings. The van der Waals surface area contributed by atoms with Gasteiger partial charge in [0.1, 0.15) is 0 Å². The number of unbranched alkanes of at least 4 members (excludes halogenated alkanes) is 22. The Morgan fingerprint density at radius 1 is 0.375 bits per heavy atom. The summed E-state index contributed by atoms with van der Waals surface area (Å²) in [7, 11) is 0. The third kappa shape index (κ3) is 20.5. The highest BCUT2D eigenvalue weighted by Crippen LogP contribution is 2.34. The molecule has 272 valence electrons. The molecule has 0 aromatic carbocycles. The molecule has 0 amide bonds. The average molecular weight is 693 g/mol. The summed E-state index contributed by atoms with van der Waals surface area (Å²) in [5.41, 5.74) is 2.51. The Morgan fingerprint density at radius 3 is 0.896 bits per heavy atom. The maximum atomic E-state index is 3.80. The van der Waals surface area contributed by atoms with Crippen LogP contribution in [-0.2, 0) is 0 Å². The lowest BCUT2D eigenvalue weighted by Gasteiger charge is -2.11. The van der Waals surface area contributed by atoms with Crippen LogP contribution in [0.5, 0.6) is 0 Å². The van der Waals surface area contributed by atoms with Crippen LogP contribution in [0.15, 0.2) is 10.8 Å². The van der Waals surface area contributed by atoms with Crippen molar-refractivity contribution in [3.8, 4) is 23.7 Å². The van der Waals surface area contributed by atoms with Crippen LogP contribution >= 0.6 is 22.7 Å². The minimum atomic E-state index is 0.551. The van der Waals surface area contributed by atoms with Gasteiger partial charge in [-0.05, 0) is 25.7 Å². The van der Waals surface area contributed by atoms with Crippen LogP contribution < -0.4 is 0 Å². The van der Waals surface area contributed by atoms with Gasteiger partial charge >= 0.3 is 0 Å². The Hall–Kier alpha value is -1.22. The minimum absolute atomic E-state index is 0.551. The number of hydrogen-bond acceptors (Lipinski definition) is 2. The zero-order chi connectivity index (χ0) is 34.3. The number of hydrogen-bond donors (Lipinski definition) is 0. The van der Waals surface area contributed by atoms with E-state index in [0.717, 1.165) is 0 Å². The first-order valence-corrected chi connectivity index (χ1v) is 23.0. The van der Waals surface area contributed by atoms with Crippen LogP contribution in [-0.4, -0.2) is 0 Å². The Bertz CT molecular complexity index is 1040. The van der Waals surface area contributed by atoms with E-state index in [-0.39, 0.29) is 0 Å². The van der Waals surface area contributed by atoms with E-state index >= 15 is 0 Å². The first-order valence-electron chi connectivity index (χ1n) is 21.2. The fraction of sp³-hybridized carbons (Fsp3) is 0.783. The van der Waals surface area contributed by atoms with Crippen molar-refractivity contribution in [2.75, 3.05) is 0 Å². The highest BCUT2D eigenvalue weighted by molar-refractivity contribution is 7.26. The van der Waals surface area contributed by atoms with Gasteiger partial charge in [0, 0.05) is 22.6 Å². The summed E-state index contributed by atoms with van der Waals surface area (Å²) in [6.45, 7) is 9.24. The van der Waals surface area contributed by atoms with E-state index in [1.165, 1.54) is 213 Å². The van der Waals surface area contributed by atoms with Gasteiger partial charge in [-0.1, -0.05) is 218 Å². The molecule has 0 radical (unpaired) electrons. The predicted molar refractivity (Wildman–Crippen MR) is 222 cm³/mol. The van der Waals surface area contributed by atoms with Crippen molar-refractivity contribution in [2.45, 2.75) is 220 Å². The minimum Gasteiger partial charge on any atom is -0.140 e. The molecule has 2 aromatic heterocycles. The van der Waals surface area contributed by atoms with Crippen molar-refractivity contribution >= 4 is 32.1 Å². The molecule has 48 heavy (non-hydrogen) atoms. The van der Waals surface area contributed by atoms with E-state index in [0.29, 0.717) is 11.8 Å². The second kappa shape index (κ2) is 30.6. The Balaban J connectivity index is 2.01. The Labute approximate surface area is 308 Å². The van der Waals surface area contributed by atoms with E-state index < -0.39 is 0 Å². The quantitative estimate of drug-likeness (QED) is 0.0565. The van der Waals surface area contributed by atoms with Gasteiger partial charge in [-0.3, -0.25) is 0 Å². The largest absolute Gasteiger partial charge is 0.140 e. The van der Waals surface area contributed by atoms with Crippen molar-refractivity contribution in [3.63, 3.8) is 0 Å². The van der Waals surface area contributed by atoms with Gasteiger partial charge in [0.25, 0.3) is 0 Å². The number of thiophene rings is 2. The average Bonchev–Trinajstić information content (AvgIpc) is 3.70. The molecule has 0 saturated heterocycles. The molecule has 2 atom stereocenters. The van der Waals surface area contributed by atoms with Gasteiger partial charge in [0.15, 0.2) is 0 Å². The van der Waals surface area contributed by atoms with Crippen molar-refractivity contribution in [1.29, 1.82) is 0 Å². The summed E-state index contributed by atoms with van der Waals surface area (Å²) in [5, 5.41) is 4.64. The fourth-order valence-corrected chi connectivity index (χ4v) is 9.14. The normalized spacial score (nSPS) is 12.5. The lowest BCUT2D eigenvalue weighted by molar-refractivity contribution is 0.475. The Kier molecular flexibility index (Phi) is 27.4. The Morgan fingerprint density at radius 2 is 0.625 bits per heavy atom.